The molecule has 0 bridgehead atoms. The molecule has 1 fully saturated rings. The Labute approximate surface area is 113 Å². The van der Waals surface area contributed by atoms with Crippen molar-refractivity contribution in [2.75, 3.05) is 37.7 Å². The SMILES string of the molecule is CCOC(=O)C(C)(C)C(=O)CN1CCCSCC1. The zero-order valence-electron chi connectivity index (χ0n) is 11.5. The third-order valence-corrected chi connectivity index (χ3v) is 4.21. The van der Waals surface area contributed by atoms with Crippen molar-refractivity contribution in [3.8, 4) is 0 Å². The topological polar surface area (TPSA) is 46.6 Å². The smallest absolute Gasteiger partial charge is 0.319 e. The molecule has 104 valence electrons. The second-order valence-corrected chi connectivity index (χ2v) is 6.24. The van der Waals surface area contributed by atoms with Gasteiger partial charge in [-0.1, -0.05) is 0 Å². The normalized spacial score (nSPS) is 18.2. The van der Waals surface area contributed by atoms with Crippen molar-refractivity contribution in [3.05, 3.63) is 0 Å². The molecule has 1 rings (SSSR count). The molecule has 0 aromatic carbocycles. The van der Waals surface area contributed by atoms with E-state index in [9.17, 15) is 9.59 Å². The number of rotatable bonds is 5. The maximum atomic E-state index is 12.2. The Morgan fingerprint density at radius 3 is 2.67 bits per heavy atom. The van der Waals surface area contributed by atoms with E-state index in [4.69, 9.17) is 4.74 Å². The van der Waals surface area contributed by atoms with E-state index in [2.05, 4.69) is 4.90 Å². The molecule has 1 saturated heterocycles. The van der Waals surface area contributed by atoms with E-state index >= 15 is 0 Å². The summed E-state index contributed by atoms with van der Waals surface area (Å²) in [6.45, 7) is 7.60. The number of carbonyl (C=O) groups is 2. The number of ether oxygens (including phenoxy) is 1. The molecule has 0 radical (unpaired) electrons. The Hall–Kier alpha value is -0.550. The molecule has 0 atom stereocenters. The maximum absolute atomic E-state index is 12.2. The number of carbonyl (C=O) groups excluding carboxylic acids is 2. The van der Waals surface area contributed by atoms with E-state index in [1.807, 2.05) is 11.8 Å². The number of thioether (sulfide) groups is 1. The van der Waals surface area contributed by atoms with Crippen molar-refractivity contribution in [2.45, 2.75) is 27.2 Å². The van der Waals surface area contributed by atoms with Crippen LogP contribution in [-0.2, 0) is 14.3 Å². The van der Waals surface area contributed by atoms with E-state index in [0.717, 1.165) is 31.0 Å². The van der Waals surface area contributed by atoms with E-state index in [0.29, 0.717) is 13.2 Å². The Balaban J connectivity index is 2.54. The van der Waals surface area contributed by atoms with Gasteiger partial charge in [0, 0.05) is 12.3 Å². The van der Waals surface area contributed by atoms with Crippen molar-refractivity contribution < 1.29 is 14.3 Å². The standard InChI is InChI=1S/C13H23NO3S/c1-4-17-12(16)13(2,3)11(15)10-14-6-5-8-18-9-7-14/h4-10H2,1-3H3. The molecule has 0 aliphatic carbocycles. The van der Waals surface area contributed by atoms with Gasteiger partial charge >= 0.3 is 5.97 Å². The molecule has 0 amide bonds. The summed E-state index contributed by atoms with van der Waals surface area (Å²) in [7, 11) is 0. The van der Waals surface area contributed by atoms with Crippen molar-refractivity contribution in [1.29, 1.82) is 0 Å². The summed E-state index contributed by atoms with van der Waals surface area (Å²) in [5, 5.41) is 0. The first kappa shape index (κ1) is 15.5. The molecule has 0 aromatic heterocycles. The second kappa shape index (κ2) is 7.14. The minimum Gasteiger partial charge on any atom is -0.465 e. The van der Waals surface area contributed by atoms with Crippen LogP contribution >= 0.6 is 11.8 Å². The molecule has 0 unspecified atom stereocenters. The summed E-state index contributed by atoms with van der Waals surface area (Å²) in [5.41, 5.74) is -1.03. The van der Waals surface area contributed by atoms with E-state index < -0.39 is 11.4 Å². The number of Topliss-reactive ketones (excluding diaryl/α,β-unsaturated/α-hetero) is 1. The van der Waals surface area contributed by atoms with Crippen LogP contribution in [0.3, 0.4) is 0 Å². The number of ketones is 1. The van der Waals surface area contributed by atoms with Gasteiger partial charge in [0.25, 0.3) is 0 Å². The lowest BCUT2D eigenvalue weighted by molar-refractivity contribution is -0.158. The third kappa shape index (κ3) is 4.28. The second-order valence-electron chi connectivity index (χ2n) is 5.01. The van der Waals surface area contributed by atoms with Gasteiger partial charge in [0.2, 0.25) is 0 Å². The molecule has 1 aliphatic heterocycles. The zero-order chi connectivity index (χ0) is 13.6. The average molecular weight is 273 g/mol. The first-order chi connectivity index (χ1) is 8.48. The summed E-state index contributed by atoms with van der Waals surface area (Å²) < 4.78 is 4.96. The fraction of sp³-hybridized carbons (Fsp3) is 0.846. The fourth-order valence-electron chi connectivity index (χ4n) is 1.78. The van der Waals surface area contributed by atoms with Crippen LogP contribution in [0.4, 0.5) is 0 Å². The van der Waals surface area contributed by atoms with E-state index in [1.165, 1.54) is 0 Å². The van der Waals surface area contributed by atoms with E-state index in [1.54, 1.807) is 20.8 Å². The number of hydrogen-bond acceptors (Lipinski definition) is 5. The lowest BCUT2D eigenvalue weighted by atomic mass is 9.88. The molecule has 0 aromatic rings. The largest absolute Gasteiger partial charge is 0.465 e. The fourth-order valence-corrected chi connectivity index (χ4v) is 2.71. The quantitative estimate of drug-likeness (QED) is 0.562. The van der Waals surface area contributed by atoms with Crippen LogP contribution < -0.4 is 0 Å². The summed E-state index contributed by atoms with van der Waals surface area (Å²) in [6, 6.07) is 0. The van der Waals surface area contributed by atoms with Gasteiger partial charge in [-0.05, 0) is 39.5 Å². The van der Waals surface area contributed by atoms with Crippen LogP contribution in [-0.4, -0.2) is 54.4 Å². The Bertz CT molecular complexity index is 297. The van der Waals surface area contributed by atoms with Crippen LogP contribution in [0.25, 0.3) is 0 Å². The molecular formula is C13H23NO3S. The molecule has 1 heterocycles. The molecule has 0 N–H and O–H groups in total. The van der Waals surface area contributed by atoms with Crippen LogP contribution in [0.15, 0.2) is 0 Å². The molecule has 18 heavy (non-hydrogen) atoms. The zero-order valence-corrected chi connectivity index (χ0v) is 12.3. The Morgan fingerprint density at radius 2 is 2.00 bits per heavy atom. The molecule has 1 aliphatic rings. The Morgan fingerprint density at radius 1 is 1.28 bits per heavy atom. The van der Waals surface area contributed by atoms with Gasteiger partial charge in [0.05, 0.1) is 13.2 Å². The van der Waals surface area contributed by atoms with Gasteiger partial charge in [0.1, 0.15) is 5.41 Å². The van der Waals surface area contributed by atoms with Gasteiger partial charge in [-0.2, -0.15) is 11.8 Å². The van der Waals surface area contributed by atoms with E-state index in [-0.39, 0.29) is 5.78 Å². The van der Waals surface area contributed by atoms with Crippen LogP contribution in [0.1, 0.15) is 27.2 Å². The highest BCUT2D eigenvalue weighted by Gasteiger charge is 2.37. The summed E-state index contributed by atoms with van der Waals surface area (Å²) in [5.74, 6) is 1.76. The summed E-state index contributed by atoms with van der Waals surface area (Å²) in [4.78, 5) is 26.1. The number of nitrogens with zero attached hydrogens (tertiary/aromatic N) is 1. The van der Waals surface area contributed by atoms with Gasteiger partial charge in [-0.25, -0.2) is 0 Å². The lowest BCUT2D eigenvalue weighted by Crippen LogP contribution is -2.43. The third-order valence-electron chi connectivity index (χ3n) is 3.16. The van der Waals surface area contributed by atoms with Crippen molar-refractivity contribution in [1.82, 2.24) is 4.90 Å². The molecule has 5 heteroatoms. The molecule has 0 saturated carbocycles. The Kier molecular flexibility index (Phi) is 6.15. The predicted octanol–water partition coefficient (Wildman–Crippen LogP) is 1.58. The maximum Gasteiger partial charge on any atom is 0.319 e. The minimum atomic E-state index is -1.03. The first-order valence-electron chi connectivity index (χ1n) is 6.49. The summed E-state index contributed by atoms with van der Waals surface area (Å²) in [6.07, 6.45) is 1.11. The van der Waals surface area contributed by atoms with Crippen LogP contribution in [0, 0.1) is 5.41 Å². The highest BCUT2D eigenvalue weighted by molar-refractivity contribution is 7.99. The highest BCUT2D eigenvalue weighted by Crippen LogP contribution is 2.20. The van der Waals surface area contributed by atoms with Gasteiger partial charge in [0.15, 0.2) is 5.78 Å². The van der Waals surface area contributed by atoms with Crippen LogP contribution in [0.5, 0.6) is 0 Å². The van der Waals surface area contributed by atoms with Gasteiger partial charge < -0.3 is 4.74 Å². The van der Waals surface area contributed by atoms with Gasteiger partial charge in [-0.15, -0.1) is 0 Å². The average Bonchev–Trinajstić information content (AvgIpc) is 2.57. The lowest BCUT2D eigenvalue weighted by Gasteiger charge is -2.25. The molecule has 4 nitrogen and oxygen atoms in total. The van der Waals surface area contributed by atoms with Crippen LogP contribution in [0.2, 0.25) is 0 Å². The van der Waals surface area contributed by atoms with Crippen molar-refractivity contribution >= 4 is 23.5 Å². The highest BCUT2D eigenvalue weighted by atomic mass is 32.2. The first-order valence-corrected chi connectivity index (χ1v) is 7.64. The monoisotopic (exact) mass is 273 g/mol. The molecule has 0 spiro atoms. The molecular weight excluding hydrogens is 250 g/mol. The minimum absolute atomic E-state index is 0.0483. The number of esters is 1. The summed E-state index contributed by atoms with van der Waals surface area (Å²) >= 11 is 1.92. The van der Waals surface area contributed by atoms with Crippen molar-refractivity contribution in [3.63, 3.8) is 0 Å². The van der Waals surface area contributed by atoms with Gasteiger partial charge in [-0.3, -0.25) is 14.5 Å². The van der Waals surface area contributed by atoms with Crippen molar-refractivity contribution in [2.24, 2.45) is 5.41 Å². The number of hydrogen-bond donors (Lipinski definition) is 0. The predicted molar refractivity (Wildman–Crippen MR) is 73.8 cm³/mol.